The second-order valence-corrected chi connectivity index (χ2v) is 10.6. The van der Waals surface area contributed by atoms with Gasteiger partial charge in [0.2, 0.25) is 11.7 Å². The van der Waals surface area contributed by atoms with E-state index >= 15 is 0 Å². The van der Waals surface area contributed by atoms with Crippen molar-refractivity contribution >= 4 is 6.09 Å². The number of hydrogen-bond donors (Lipinski definition) is 1. The largest absolute Gasteiger partial charge is 0.497 e. The fourth-order valence-electron chi connectivity index (χ4n) is 4.60. The molecule has 0 aliphatic carbocycles. The Bertz CT molecular complexity index is 1350. The maximum atomic E-state index is 14.0. The van der Waals surface area contributed by atoms with Crippen LogP contribution >= 0.6 is 0 Å². The summed E-state index contributed by atoms with van der Waals surface area (Å²) in [5.41, 5.74) is -0.114. The van der Waals surface area contributed by atoms with Crippen LogP contribution in [0.2, 0.25) is 0 Å². The summed E-state index contributed by atoms with van der Waals surface area (Å²) in [6.07, 6.45) is -3.11. The summed E-state index contributed by atoms with van der Waals surface area (Å²) >= 11 is 0. The maximum Gasteiger partial charge on any atom is 0.416 e. The van der Waals surface area contributed by atoms with Gasteiger partial charge in [-0.2, -0.15) is 18.2 Å². The van der Waals surface area contributed by atoms with Crippen molar-refractivity contribution in [3.8, 4) is 17.1 Å². The van der Waals surface area contributed by atoms with Crippen molar-refractivity contribution in [2.24, 2.45) is 0 Å². The van der Waals surface area contributed by atoms with E-state index in [0.29, 0.717) is 31.0 Å². The van der Waals surface area contributed by atoms with Crippen LogP contribution in [0.4, 0.5) is 18.0 Å². The molecule has 2 heterocycles. The number of amides is 1. The van der Waals surface area contributed by atoms with E-state index in [1.165, 1.54) is 6.07 Å². The van der Waals surface area contributed by atoms with E-state index in [4.69, 9.17) is 14.0 Å². The molecule has 1 aliphatic heterocycles. The first kappa shape index (κ1) is 29.0. The number of carbonyl (C=O) groups is 1. The molecular weight excluding hydrogens is 525 g/mol. The first-order valence-electron chi connectivity index (χ1n) is 13.0. The second kappa shape index (κ2) is 11.6. The number of nitrogens with zero attached hydrogens (tertiary/aromatic N) is 3. The molecule has 0 radical (unpaired) electrons. The first-order valence-corrected chi connectivity index (χ1v) is 13.0. The zero-order valence-corrected chi connectivity index (χ0v) is 23.0. The molecule has 1 saturated heterocycles. The molecule has 0 saturated carbocycles. The van der Waals surface area contributed by atoms with E-state index in [2.05, 4.69) is 22.0 Å². The number of alkyl halides is 3. The molecule has 1 aliphatic rings. The lowest BCUT2D eigenvalue weighted by atomic mass is 9.97. The number of ether oxygens (including phenoxy) is 2. The number of aryl methyl sites for hydroxylation is 2. The van der Waals surface area contributed by atoms with Crippen molar-refractivity contribution in [2.75, 3.05) is 13.7 Å². The number of rotatable bonds is 8. The third-order valence-electron chi connectivity index (χ3n) is 6.49. The summed E-state index contributed by atoms with van der Waals surface area (Å²) in [5.74, 6) is 1.29. The van der Waals surface area contributed by atoms with Crippen molar-refractivity contribution < 1.29 is 32.0 Å². The van der Waals surface area contributed by atoms with E-state index in [-0.39, 0.29) is 35.3 Å². The van der Waals surface area contributed by atoms with Crippen LogP contribution in [-0.2, 0) is 23.8 Å². The summed E-state index contributed by atoms with van der Waals surface area (Å²) in [6.45, 7) is 9.78. The van der Waals surface area contributed by atoms with Crippen LogP contribution in [0.1, 0.15) is 62.2 Å². The molecule has 2 aromatic carbocycles. The number of nitrogens with one attached hydrogen (secondary N) is 1. The first-order chi connectivity index (χ1) is 18.8. The molecule has 1 fully saturated rings. The number of methoxy groups -OCH3 is 1. The molecule has 1 amide bonds. The molecule has 214 valence electrons. The summed E-state index contributed by atoms with van der Waals surface area (Å²) in [7, 11) is 1.56. The van der Waals surface area contributed by atoms with Gasteiger partial charge in [-0.3, -0.25) is 5.32 Å². The fraction of sp³-hybridized carbons (Fsp3) is 0.414. The summed E-state index contributed by atoms with van der Waals surface area (Å²) < 4.78 is 58.0. The van der Waals surface area contributed by atoms with Crippen LogP contribution in [-0.4, -0.2) is 40.4 Å². The Kier molecular flexibility index (Phi) is 8.41. The minimum absolute atomic E-state index is 0.0553. The van der Waals surface area contributed by atoms with Gasteiger partial charge in [0.1, 0.15) is 23.2 Å². The number of benzene rings is 2. The maximum absolute atomic E-state index is 14.0. The van der Waals surface area contributed by atoms with E-state index < -0.39 is 23.4 Å². The van der Waals surface area contributed by atoms with Gasteiger partial charge in [-0.25, -0.2) is 4.79 Å². The third-order valence-corrected chi connectivity index (χ3v) is 6.49. The molecular formula is C29H33F3N4O4. The number of alkyl carbamates (subject to hydrolysis) is 1. The van der Waals surface area contributed by atoms with Crippen LogP contribution in [0.5, 0.6) is 5.75 Å². The zero-order chi connectivity index (χ0) is 29.1. The molecule has 4 rings (SSSR count). The quantitative estimate of drug-likeness (QED) is 0.330. The highest BCUT2D eigenvalue weighted by atomic mass is 19.4. The average molecular weight is 559 g/mol. The summed E-state index contributed by atoms with van der Waals surface area (Å²) in [6, 6.07) is 11.0. The smallest absolute Gasteiger partial charge is 0.416 e. The van der Waals surface area contributed by atoms with Gasteiger partial charge in [0.15, 0.2) is 0 Å². The van der Waals surface area contributed by atoms with Crippen LogP contribution < -0.4 is 10.1 Å². The van der Waals surface area contributed by atoms with Crippen molar-refractivity contribution in [3.05, 3.63) is 77.4 Å². The van der Waals surface area contributed by atoms with E-state index in [1.807, 2.05) is 17.0 Å². The van der Waals surface area contributed by atoms with Crippen LogP contribution in [0.25, 0.3) is 11.4 Å². The van der Waals surface area contributed by atoms with Gasteiger partial charge in [-0.1, -0.05) is 36.0 Å². The van der Waals surface area contributed by atoms with Crippen molar-refractivity contribution in [1.82, 2.24) is 20.4 Å². The molecule has 1 N–H and O–H groups in total. The Morgan fingerprint density at radius 1 is 1.15 bits per heavy atom. The van der Waals surface area contributed by atoms with Gasteiger partial charge in [0.25, 0.3) is 0 Å². The number of carbonyl (C=O) groups excluding carboxylic acids is 1. The normalized spacial score (nSPS) is 15.7. The highest BCUT2D eigenvalue weighted by Crippen LogP contribution is 2.37. The molecule has 8 nitrogen and oxygen atoms in total. The lowest BCUT2D eigenvalue weighted by Crippen LogP contribution is -2.37. The SMILES string of the molecule is C=C(NC(=O)OC(C)(C)C)N1CCC[C@H]1c1nc(-c2ccc(CCc3ccc(OC)cc3)c(C(F)(F)F)c2)no1. The van der Waals surface area contributed by atoms with Gasteiger partial charge in [-0.15, -0.1) is 0 Å². The average Bonchev–Trinajstić information content (AvgIpc) is 3.56. The minimum Gasteiger partial charge on any atom is -0.497 e. The lowest BCUT2D eigenvalue weighted by molar-refractivity contribution is -0.138. The minimum atomic E-state index is -4.55. The number of hydrogen-bond acceptors (Lipinski definition) is 7. The van der Waals surface area contributed by atoms with E-state index in [1.54, 1.807) is 46.1 Å². The monoisotopic (exact) mass is 558 g/mol. The molecule has 1 atom stereocenters. The Balaban J connectivity index is 1.50. The lowest BCUT2D eigenvalue weighted by Gasteiger charge is -2.27. The van der Waals surface area contributed by atoms with Gasteiger partial charge in [0, 0.05) is 12.1 Å². The highest BCUT2D eigenvalue weighted by Gasteiger charge is 2.35. The number of aromatic nitrogens is 2. The predicted molar refractivity (Wildman–Crippen MR) is 142 cm³/mol. The van der Waals surface area contributed by atoms with Gasteiger partial charge in [0.05, 0.1) is 12.7 Å². The van der Waals surface area contributed by atoms with Gasteiger partial charge < -0.3 is 18.9 Å². The second-order valence-electron chi connectivity index (χ2n) is 10.6. The van der Waals surface area contributed by atoms with Crippen LogP contribution in [0.15, 0.2) is 59.4 Å². The third kappa shape index (κ3) is 7.13. The summed E-state index contributed by atoms with van der Waals surface area (Å²) in [5, 5.41) is 6.59. The Morgan fingerprint density at radius 3 is 2.52 bits per heavy atom. The van der Waals surface area contributed by atoms with Crippen LogP contribution in [0.3, 0.4) is 0 Å². The van der Waals surface area contributed by atoms with Crippen molar-refractivity contribution in [1.29, 1.82) is 0 Å². The van der Waals surface area contributed by atoms with Crippen molar-refractivity contribution in [3.63, 3.8) is 0 Å². The number of likely N-dealkylation sites (tertiary alicyclic amines) is 1. The molecule has 0 unspecified atom stereocenters. The molecule has 1 aromatic heterocycles. The topological polar surface area (TPSA) is 89.7 Å². The summed E-state index contributed by atoms with van der Waals surface area (Å²) in [4.78, 5) is 18.4. The van der Waals surface area contributed by atoms with Gasteiger partial charge >= 0.3 is 12.3 Å². The zero-order valence-electron chi connectivity index (χ0n) is 23.0. The van der Waals surface area contributed by atoms with Gasteiger partial charge in [-0.05, 0) is 75.8 Å². The predicted octanol–water partition coefficient (Wildman–Crippen LogP) is 6.68. The fourth-order valence-corrected chi connectivity index (χ4v) is 4.60. The molecule has 0 spiro atoms. The Morgan fingerprint density at radius 2 is 1.88 bits per heavy atom. The number of halogens is 3. The molecule has 3 aromatic rings. The Labute approximate surface area is 231 Å². The molecule has 11 heteroatoms. The van der Waals surface area contributed by atoms with Crippen molar-refractivity contribution in [2.45, 2.75) is 64.3 Å². The van der Waals surface area contributed by atoms with Crippen LogP contribution in [0, 0.1) is 0 Å². The molecule has 40 heavy (non-hydrogen) atoms. The van der Waals surface area contributed by atoms with E-state index in [9.17, 15) is 18.0 Å². The molecule has 0 bridgehead atoms. The highest BCUT2D eigenvalue weighted by molar-refractivity contribution is 5.69. The standard InChI is InChI=1S/C29H33F3N4O4/c1-18(33-27(37)39-28(2,3)4)36-16-6-7-24(36)26-34-25(35-40-26)21-13-12-20(23(17-21)29(30,31)32)11-8-19-9-14-22(38-5)15-10-19/h9-10,12-15,17,24H,1,6-8,11,16H2,2-5H3,(H,33,37)/t24-/m0/s1. The van der Waals surface area contributed by atoms with E-state index in [0.717, 1.165) is 18.1 Å². The Hall–Kier alpha value is -4.02.